The molecule has 13 heavy (non-hydrogen) atoms. The van der Waals surface area contributed by atoms with Gasteiger partial charge < -0.3 is 15.5 Å². The number of pyridine rings is 1. The lowest BCUT2D eigenvalue weighted by atomic mass is 10.4. The Balaban J connectivity index is 2.42. The molecule has 3 N–H and O–H groups in total. The molecule has 0 saturated carbocycles. The number of rotatable bonds is 1. The molecule has 0 fully saturated rings. The molecule has 0 aromatic carbocycles. The quantitative estimate of drug-likeness (QED) is 0.675. The average molecular weight is 176 g/mol. The summed E-state index contributed by atoms with van der Waals surface area (Å²) in [5.74, 6) is 0. The summed E-state index contributed by atoms with van der Waals surface area (Å²) in [5, 5.41) is 2.48. The van der Waals surface area contributed by atoms with Crippen molar-refractivity contribution in [2.75, 3.05) is 5.32 Å². The van der Waals surface area contributed by atoms with Gasteiger partial charge in [-0.25, -0.2) is 9.78 Å². The molecule has 0 aliphatic carbocycles. The molecule has 2 rings (SSSR count). The van der Waals surface area contributed by atoms with Gasteiger partial charge in [0.15, 0.2) is 0 Å². The summed E-state index contributed by atoms with van der Waals surface area (Å²) in [7, 11) is 0. The zero-order valence-corrected chi connectivity index (χ0v) is 6.77. The fraction of sp³-hybridized carbons (Fsp3) is 0. The lowest BCUT2D eigenvalue weighted by molar-refractivity contribution is 0.259. The van der Waals surface area contributed by atoms with Crippen LogP contribution in [0, 0.1) is 0 Å². The largest absolute Gasteiger partial charge is 0.351 e. The van der Waals surface area contributed by atoms with E-state index in [1.165, 1.54) is 0 Å². The summed E-state index contributed by atoms with van der Waals surface area (Å²) < 4.78 is 1.80. The van der Waals surface area contributed by atoms with Gasteiger partial charge in [-0.15, -0.1) is 0 Å². The third-order valence-electron chi connectivity index (χ3n) is 1.66. The molecule has 0 saturated heterocycles. The second-order valence-corrected chi connectivity index (χ2v) is 2.60. The maximum absolute atomic E-state index is 10.5. The molecule has 0 aliphatic heterocycles. The number of primary amides is 1. The number of carbonyl (C=O) groups is 1. The summed E-state index contributed by atoms with van der Waals surface area (Å²) >= 11 is 0. The van der Waals surface area contributed by atoms with Crippen molar-refractivity contribution in [1.82, 2.24) is 9.38 Å². The van der Waals surface area contributed by atoms with E-state index < -0.39 is 6.03 Å². The fourth-order valence-corrected chi connectivity index (χ4v) is 1.14. The van der Waals surface area contributed by atoms with Crippen molar-refractivity contribution in [2.45, 2.75) is 0 Å². The van der Waals surface area contributed by atoms with Crippen LogP contribution in [0.25, 0.3) is 5.65 Å². The Kier molecular flexibility index (Phi) is 1.63. The van der Waals surface area contributed by atoms with Crippen molar-refractivity contribution in [3.8, 4) is 0 Å². The molecule has 2 amide bonds. The van der Waals surface area contributed by atoms with Crippen molar-refractivity contribution in [2.24, 2.45) is 5.73 Å². The molecule has 2 aromatic heterocycles. The third kappa shape index (κ3) is 1.44. The van der Waals surface area contributed by atoms with E-state index in [0.29, 0.717) is 5.69 Å². The zero-order chi connectivity index (χ0) is 9.26. The maximum atomic E-state index is 10.5. The van der Waals surface area contributed by atoms with Crippen LogP contribution in [0.3, 0.4) is 0 Å². The van der Waals surface area contributed by atoms with Crippen LogP contribution < -0.4 is 11.1 Å². The molecule has 5 heteroatoms. The van der Waals surface area contributed by atoms with Crippen LogP contribution in [0.5, 0.6) is 0 Å². The van der Waals surface area contributed by atoms with Crippen molar-refractivity contribution < 1.29 is 4.79 Å². The van der Waals surface area contributed by atoms with Crippen LogP contribution in [0.4, 0.5) is 10.5 Å². The SMILES string of the molecule is NC(=O)Nc1ccc2nccn2c1. The molecule has 66 valence electrons. The van der Waals surface area contributed by atoms with Gasteiger partial charge in [-0.05, 0) is 12.1 Å². The van der Waals surface area contributed by atoms with E-state index in [2.05, 4.69) is 10.3 Å². The predicted octanol–water partition coefficient (Wildman–Crippen LogP) is 0.825. The number of carbonyl (C=O) groups excluding carboxylic acids is 1. The van der Waals surface area contributed by atoms with Crippen molar-refractivity contribution in [1.29, 1.82) is 0 Å². The van der Waals surface area contributed by atoms with Crippen LogP contribution in [0.15, 0.2) is 30.7 Å². The molecule has 0 unspecified atom stereocenters. The van der Waals surface area contributed by atoms with E-state index in [0.717, 1.165) is 5.65 Å². The highest BCUT2D eigenvalue weighted by Crippen LogP contribution is 2.08. The Hall–Kier alpha value is -2.04. The van der Waals surface area contributed by atoms with Gasteiger partial charge >= 0.3 is 6.03 Å². The lowest BCUT2D eigenvalue weighted by Gasteiger charge is -2.01. The molecule has 0 radical (unpaired) electrons. The second-order valence-electron chi connectivity index (χ2n) is 2.60. The third-order valence-corrected chi connectivity index (χ3v) is 1.66. The first kappa shape index (κ1) is 7.60. The van der Waals surface area contributed by atoms with Gasteiger partial charge in [-0.3, -0.25) is 0 Å². The molecule has 0 aliphatic rings. The van der Waals surface area contributed by atoms with Gasteiger partial charge in [0.2, 0.25) is 0 Å². The first-order valence-corrected chi connectivity index (χ1v) is 3.75. The second kappa shape index (κ2) is 2.78. The summed E-state index contributed by atoms with van der Waals surface area (Å²) in [4.78, 5) is 14.6. The summed E-state index contributed by atoms with van der Waals surface area (Å²) in [6, 6.07) is 2.97. The number of urea groups is 1. The topological polar surface area (TPSA) is 72.4 Å². The Morgan fingerprint density at radius 2 is 2.38 bits per heavy atom. The summed E-state index contributed by atoms with van der Waals surface area (Å²) in [6.07, 6.45) is 5.22. The number of fused-ring (bicyclic) bond motifs is 1. The molecule has 2 heterocycles. The maximum Gasteiger partial charge on any atom is 0.316 e. The van der Waals surface area contributed by atoms with Gasteiger partial charge in [0.25, 0.3) is 0 Å². The lowest BCUT2D eigenvalue weighted by Crippen LogP contribution is -2.19. The minimum absolute atomic E-state index is 0.570. The van der Waals surface area contributed by atoms with Gasteiger partial charge in [0.1, 0.15) is 5.65 Å². The van der Waals surface area contributed by atoms with Crippen molar-refractivity contribution in [3.63, 3.8) is 0 Å². The Morgan fingerprint density at radius 1 is 1.54 bits per heavy atom. The van der Waals surface area contributed by atoms with Gasteiger partial charge in [0, 0.05) is 18.6 Å². The number of nitrogens with two attached hydrogens (primary N) is 1. The summed E-state index contributed by atoms with van der Waals surface area (Å²) in [5.41, 5.74) is 6.45. The number of hydrogen-bond donors (Lipinski definition) is 2. The minimum Gasteiger partial charge on any atom is -0.351 e. The number of nitrogens with zero attached hydrogens (tertiary/aromatic N) is 2. The monoisotopic (exact) mass is 176 g/mol. The van der Waals surface area contributed by atoms with Gasteiger partial charge in [-0.2, -0.15) is 0 Å². The Bertz CT molecular complexity index is 448. The van der Waals surface area contributed by atoms with E-state index in [9.17, 15) is 4.79 Å². The highest BCUT2D eigenvalue weighted by atomic mass is 16.2. The molecular formula is C8H8N4O. The number of aromatic nitrogens is 2. The number of anilines is 1. The van der Waals surface area contributed by atoms with E-state index in [1.807, 2.05) is 0 Å². The number of imidazole rings is 1. The summed E-state index contributed by atoms with van der Waals surface area (Å²) in [6.45, 7) is 0. The molecule has 0 bridgehead atoms. The Labute approximate surface area is 74.2 Å². The van der Waals surface area contributed by atoms with Gasteiger partial charge in [-0.1, -0.05) is 0 Å². The van der Waals surface area contributed by atoms with E-state index in [4.69, 9.17) is 5.73 Å². The first-order valence-electron chi connectivity index (χ1n) is 3.75. The fourth-order valence-electron chi connectivity index (χ4n) is 1.14. The molecule has 2 aromatic rings. The van der Waals surface area contributed by atoms with Crippen LogP contribution in [-0.2, 0) is 0 Å². The average Bonchev–Trinajstić information content (AvgIpc) is 2.49. The molecular weight excluding hydrogens is 168 g/mol. The smallest absolute Gasteiger partial charge is 0.316 e. The van der Waals surface area contributed by atoms with E-state index in [-0.39, 0.29) is 0 Å². The Morgan fingerprint density at radius 3 is 3.15 bits per heavy atom. The zero-order valence-electron chi connectivity index (χ0n) is 6.77. The molecule has 0 spiro atoms. The van der Waals surface area contributed by atoms with Crippen LogP contribution in [0.1, 0.15) is 0 Å². The number of hydrogen-bond acceptors (Lipinski definition) is 2. The van der Waals surface area contributed by atoms with Gasteiger partial charge in [0.05, 0.1) is 5.69 Å². The van der Waals surface area contributed by atoms with Crippen LogP contribution in [0.2, 0.25) is 0 Å². The molecule has 5 nitrogen and oxygen atoms in total. The van der Waals surface area contributed by atoms with Crippen molar-refractivity contribution >= 4 is 17.4 Å². The van der Waals surface area contributed by atoms with Crippen LogP contribution in [-0.4, -0.2) is 15.4 Å². The first-order chi connectivity index (χ1) is 6.25. The van der Waals surface area contributed by atoms with Crippen LogP contribution >= 0.6 is 0 Å². The van der Waals surface area contributed by atoms with Crippen molar-refractivity contribution in [3.05, 3.63) is 30.7 Å². The minimum atomic E-state index is -0.570. The normalized spacial score (nSPS) is 10.2. The number of amides is 2. The standard InChI is InChI=1S/C8H8N4O/c9-8(13)11-6-1-2-7-10-3-4-12(7)5-6/h1-5H,(H3,9,11,13). The van der Waals surface area contributed by atoms with E-state index in [1.54, 1.807) is 35.1 Å². The number of nitrogens with one attached hydrogen (secondary N) is 1. The highest BCUT2D eigenvalue weighted by Gasteiger charge is 1.97. The predicted molar refractivity (Wildman–Crippen MR) is 48.4 cm³/mol. The molecule has 0 atom stereocenters. The van der Waals surface area contributed by atoms with E-state index >= 15 is 0 Å². The highest BCUT2D eigenvalue weighted by molar-refractivity contribution is 5.87.